The van der Waals surface area contributed by atoms with Crippen LogP contribution >= 0.6 is 0 Å². The Kier molecular flexibility index (Phi) is 5.09. The van der Waals surface area contributed by atoms with E-state index in [1.54, 1.807) is 7.05 Å². The van der Waals surface area contributed by atoms with Crippen LogP contribution in [0.2, 0.25) is 0 Å². The number of hydrogen-bond donors (Lipinski definition) is 0. The molecule has 2 aliphatic rings. The summed E-state index contributed by atoms with van der Waals surface area (Å²) < 4.78 is 4.72. The molecule has 4 heterocycles. The second-order valence-electron chi connectivity index (χ2n) is 7.83. The molecule has 4 rings (SSSR count). The van der Waals surface area contributed by atoms with Gasteiger partial charge in [0.2, 0.25) is 5.95 Å². The van der Waals surface area contributed by atoms with E-state index in [0.717, 1.165) is 38.3 Å². The molecule has 9 heteroatoms. The number of rotatable bonds is 5. The average molecular weight is 387 g/mol. The fourth-order valence-electron chi connectivity index (χ4n) is 4.21. The summed E-state index contributed by atoms with van der Waals surface area (Å²) in [5.41, 5.74) is 1.28. The van der Waals surface area contributed by atoms with Crippen molar-refractivity contribution >= 4 is 22.8 Å². The van der Waals surface area contributed by atoms with Gasteiger partial charge in [0.25, 0.3) is 5.56 Å². The van der Waals surface area contributed by atoms with Gasteiger partial charge in [0.15, 0.2) is 11.2 Å². The summed E-state index contributed by atoms with van der Waals surface area (Å²) >= 11 is 0. The van der Waals surface area contributed by atoms with Gasteiger partial charge >= 0.3 is 5.69 Å². The molecule has 0 atom stereocenters. The molecule has 0 aliphatic carbocycles. The van der Waals surface area contributed by atoms with Crippen LogP contribution in [0.5, 0.6) is 0 Å². The van der Waals surface area contributed by atoms with Crippen molar-refractivity contribution in [3.05, 3.63) is 20.8 Å². The zero-order chi connectivity index (χ0) is 19.8. The minimum atomic E-state index is -0.313. The second kappa shape index (κ2) is 7.54. The van der Waals surface area contributed by atoms with Gasteiger partial charge in [-0.05, 0) is 39.3 Å². The lowest BCUT2D eigenvalue weighted by molar-refractivity contribution is 0.233. The first-order valence-electron chi connectivity index (χ1n) is 10.2. The molecule has 0 N–H and O–H groups in total. The van der Waals surface area contributed by atoms with E-state index < -0.39 is 0 Å². The Morgan fingerprint density at radius 1 is 1.04 bits per heavy atom. The normalized spacial score (nSPS) is 17.8. The second-order valence-corrected chi connectivity index (χ2v) is 7.83. The smallest absolute Gasteiger partial charge is 0.301 e. The van der Waals surface area contributed by atoms with Gasteiger partial charge < -0.3 is 4.90 Å². The number of hydrazone groups is 1. The van der Waals surface area contributed by atoms with Crippen LogP contribution < -0.4 is 16.3 Å². The summed E-state index contributed by atoms with van der Waals surface area (Å²) in [6.45, 7) is 8.75. The van der Waals surface area contributed by atoms with Gasteiger partial charge in [-0.25, -0.2) is 9.80 Å². The third-order valence-electron chi connectivity index (χ3n) is 5.65. The third-order valence-corrected chi connectivity index (χ3v) is 5.65. The largest absolute Gasteiger partial charge is 0.332 e. The van der Waals surface area contributed by atoms with Crippen molar-refractivity contribution in [1.29, 1.82) is 0 Å². The Balaban J connectivity index is 1.75. The summed E-state index contributed by atoms with van der Waals surface area (Å²) in [5.74, 6) is 0.652. The number of nitrogens with zero attached hydrogens (tertiary/aromatic N) is 7. The Bertz CT molecular complexity index is 1020. The van der Waals surface area contributed by atoms with E-state index in [2.05, 4.69) is 15.0 Å². The highest BCUT2D eigenvalue weighted by Gasteiger charge is 2.26. The van der Waals surface area contributed by atoms with Crippen LogP contribution in [0.25, 0.3) is 11.2 Å². The van der Waals surface area contributed by atoms with Gasteiger partial charge in [0, 0.05) is 20.1 Å². The highest BCUT2D eigenvalue weighted by Crippen LogP contribution is 2.23. The Labute approximate surface area is 163 Å². The topological polar surface area (TPSA) is 80.7 Å². The van der Waals surface area contributed by atoms with Gasteiger partial charge in [-0.1, -0.05) is 13.3 Å². The molecule has 152 valence electrons. The van der Waals surface area contributed by atoms with Crippen LogP contribution in [0.15, 0.2) is 14.7 Å². The van der Waals surface area contributed by atoms with Gasteiger partial charge in [-0.15, -0.1) is 0 Å². The van der Waals surface area contributed by atoms with Crippen molar-refractivity contribution in [2.24, 2.45) is 12.1 Å². The number of imidazole rings is 1. The summed E-state index contributed by atoms with van der Waals surface area (Å²) in [7, 11) is 1.68. The van der Waals surface area contributed by atoms with Gasteiger partial charge in [0.1, 0.15) is 0 Å². The lowest BCUT2D eigenvalue weighted by Crippen LogP contribution is -2.40. The van der Waals surface area contributed by atoms with E-state index in [1.165, 1.54) is 28.4 Å². The number of aryl methyl sites for hydroxylation is 1. The standard InChI is InChI=1S/C19H29N7O2/c1-4-8-24-17(27)15-16(22(3)19(24)28)20-18-25(15)13-14(2)21-26(18)12-11-23-9-6-5-7-10-23/h4-13H2,1-3H3. The molecule has 0 saturated carbocycles. The SMILES string of the molecule is CCCn1c(=O)c2c(nc3n2CC(C)=NN3CCN2CCCCC2)n(C)c1=O. The Morgan fingerprint density at radius 3 is 2.50 bits per heavy atom. The van der Waals surface area contributed by atoms with Crippen molar-refractivity contribution in [2.45, 2.75) is 52.6 Å². The highest BCUT2D eigenvalue weighted by atomic mass is 16.2. The molecule has 0 aromatic carbocycles. The zero-order valence-electron chi connectivity index (χ0n) is 17.0. The van der Waals surface area contributed by atoms with E-state index in [-0.39, 0.29) is 11.2 Å². The quantitative estimate of drug-likeness (QED) is 0.764. The first-order valence-corrected chi connectivity index (χ1v) is 10.2. The predicted octanol–water partition coefficient (Wildman–Crippen LogP) is 0.988. The number of likely N-dealkylation sites (tertiary alicyclic amines) is 1. The first-order chi connectivity index (χ1) is 13.5. The summed E-state index contributed by atoms with van der Waals surface area (Å²) in [5, 5.41) is 6.58. The number of hydrogen-bond acceptors (Lipinski definition) is 6. The Morgan fingerprint density at radius 2 is 1.79 bits per heavy atom. The molecule has 0 amide bonds. The number of fused-ring (bicyclic) bond motifs is 3. The average Bonchev–Trinajstić information content (AvgIpc) is 3.08. The molecule has 0 unspecified atom stereocenters. The lowest BCUT2D eigenvalue weighted by Gasteiger charge is -2.30. The molecule has 1 fully saturated rings. The van der Waals surface area contributed by atoms with Crippen molar-refractivity contribution in [3.63, 3.8) is 0 Å². The zero-order valence-corrected chi connectivity index (χ0v) is 17.0. The van der Waals surface area contributed by atoms with Crippen molar-refractivity contribution in [2.75, 3.05) is 31.2 Å². The van der Waals surface area contributed by atoms with E-state index >= 15 is 0 Å². The van der Waals surface area contributed by atoms with E-state index in [0.29, 0.717) is 30.2 Å². The molecule has 2 aliphatic heterocycles. The molecule has 2 aromatic heterocycles. The van der Waals surface area contributed by atoms with Crippen molar-refractivity contribution < 1.29 is 0 Å². The maximum Gasteiger partial charge on any atom is 0.332 e. The minimum Gasteiger partial charge on any atom is -0.301 e. The monoisotopic (exact) mass is 387 g/mol. The summed E-state index contributed by atoms with van der Waals surface area (Å²) in [6.07, 6.45) is 4.54. The fraction of sp³-hybridized carbons (Fsp3) is 0.684. The minimum absolute atomic E-state index is 0.260. The van der Waals surface area contributed by atoms with Crippen LogP contribution in [0.3, 0.4) is 0 Å². The molecule has 0 bridgehead atoms. The fourth-order valence-corrected chi connectivity index (χ4v) is 4.21. The van der Waals surface area contributed by atoms with Gasteiger partial charge in [0.05, 0.1) is 18.8 Å². The number of anilines is 1. The highest BCUT2D eigenvalue weighted by molar-refractivity contribution is 5.87. The molecule has 0 radical (unpaired) electrons. The van der Waals surface area contributed by atoms with E-state index in [1.807, 2.05) is 23.4 Å². The number of aromatic nitrogens is 4. The van der Waals surface area contributed by atoms with Crippen LogP contribution in [0.4, 0.5) is 5.95 Å². The predicted molar refractivity (Wildman–Crippen MR) is 110 cm³/mol. The summed E-state index contributed by atoms with van der Waals surface area (Å²) in [6, 6.07) is 0. The van der Waals surface area contributed by atoms with E-state index in [4.69, 9.17) is 0 Å². The Hall–Kier alpha value is -2.42. The molecule has 1 saturated heterocycles. The van der Waals surface area contributed by atoms with Crippen LogP contribution in [-0.2, 0) is 20.1 Å². The van der Waals surface area contributed by atoms with Crippen molar-refractivity contribution in [1.82, 2.24) is 23.6 Å². The molecule has 0 spiro atoms. The molecule has 9 nitrogen and oxygen atoms in total. The van der Waals surface area contributed by atoms with Gasteiger partial charge in [-0.3, -0.25) is 18.5 Å². The number of piperidine rings is 1. The molecular weight excluding hydrogens is 358 g/mol. The van der Waals surface area contributed by atoms with Gasteiger partial charge in [-0.2, -0.15) is 10.1 Å². The lowest BCUT2D eigenvalue weighted by atomic mass is 10.1. The van der Waals surface area contributed by atoms with E-state index in [9.17, 15) is 9.59 Å². The van der Waals surface area contributed by atoms with Crippen molar-refractivity contribution in [3.8, 4) is 0 Å². The van der Waals surface area contributed by atoms with Crippen LogP contribution in [-0.4, -0.2) is 55.5 Å². The maximum absolute atomic E-state index is 13.1. The first kappa shape index (κ1) is 18.9. The maximum atomic E-state index is 13.1. The third kappa shape index (κ3) is 3.17. The molecule has 28 heavy (non-hydrogen) atoms. The molecule has 2 aromatic rings. The summed E-state index contributed by atoms with van der Waals surface area (Å²) in [4.78, 5) is 32.8. The van der Waals surface area contributed by atoms with Crippen LogP contribution in [0.1, 0.15) is 39.5 Å². The molecular formula is C19H29N7O2. The van der Waals surface area contributed by atoms with Crippen LogP contribution in [0, 0.1) is 0 Å².